The van der Waals surface area contributed by atoms with Gasteiger partial charge in [0.2, 0.25) is 0 Å². The quantitative estimate of drug-likeness (QED) is 0.550. The fourth-order valence-corrected chi connectivity index (χ4v) is 3.23. The monoisotopic (exact) mass is 296 g/mol. The minimum absolute atomic E-state index is 0.675. The lowest BCUT2D eigenvalue weighted by Gasteiger charge is -2.25. The van der Waals surface area contributed by atoms with Gasteiger partial charge in [0.1, 0.15) is 0 Å². The average Bonchev–Trinajstić information content (AvgIpc) is 2.60. The van der Waals surface area contributed by atoms with Crippen LogP contribution < -0.4 is 0 Å². The number of hydrogen-bond donors (Lipinski definition) is 0. The van der Waals surface area contributed by atoms with Crippen molar-refractivity contribution in [1.29, 1.82) is 0 Å². The van der Waals surface area contributed by atoms with Gasteiger partial charge in [0.05, 0.1) is 0 Å². The lowest BCUT2D eigenvalue weighted by Crippen LogP contribution is -2.13. The van der Waals surface area contributed by atoms with Crippen LogP contribution in [0.1, 0.15) is 17.5 Å². The predicted molar refractivity (Wildman–Crippen MR) is 99.3 cm³/mol. The van der Waals surface area contributed by atoms with E-state index in [0.29, 0.717) is 5.92 Å². The van der Waals surface area contributed by atoms with E-state index in [9.17, 15) is 0 Å². The van der Waals surface area contributed by atoms with Crippen LogP contribution in [0, 0.1) is 5.92 Å². The summed E-state index contributed by atoms with van der Waals surface area (Å²) in [5, 5.41) is 2.60. The Morgan fingerprint density at radius 2 is 1.57 bits per heavy atom. The second-order valence-electron chi connectivity index (χ2n) is 6.27. The summed E-state index contributed by atoms with van der Waals surface area (Å²) in [6.07, 6.45) is 9.24. The Morgan fingerprint density at radius 3 is 2.35 bits per heavy atom. The Labute approximate surface area is 137 Å². The van der Waals surface area contributed by atoms with Gasteiger partial charge in [-0.15, -0.1) is 0 Å². The van der Waals surface area contributed by atoms with Crippen LogP contribution in [0.25, 0.3) is 16.8 Å². The standard InChI is InChI=1S/C23H20/c1-2-6-18(7-3-1)16-23-15-14-21(23)13-11-19-10-12-20-8-4-5-9-22(20)17-19/h1-14,17,23H,15-16H2. The third kappa shape index (κ3) is 3.12. The maximum Gasteiger partial charge on any atom is -0.00899 e. The number of allylic oxidation sites excluding steroid dienone is 3. The maximum absolute atomic E-state index is 2.35. The number of rotatable bonds is 4. The Balaban J connectivity index is 1.47. The molecule has 0 heteroatoms. The molecule has 0 radical (unpaired) electrons. The van der Waals surface area contributed by atoms with Crippen LogP contribution in [-0.2, 0) is 6.42 Å². The predicted octanol–water partition coefficient (Wildman–Crippen LogP) is 6.04. The molecule has 3 aromatic rings. The molecule has 23 heavy (non-hydrogen) atoms. The van der Waals surface area contributed by atoms with Gasteiger partial charge in [-0.25, -0.2) is 0 Å². The molecule has 1 atom stereocenters. The third-order valence-corrected chi connectivity index (χ3v) is 4.68. The van der Waals surface area contributed by atoms with Gasteiger partial charge < -0.3 is 0 Å². The SMILES string of the molecule is C(=Cc1ccc2ccccc2c1)C1=CCC1Cc1ccccc1. The molecule has 0 N–H and O–H groups in total. The fourth-order valence-electron chi connectivity index (χ4n) is 3.23. The number of benzene rings is 3. The zero-order chi connectivity index (χ0) is 15.5. The first kappa shape index (κ1) is 14.0. The van der Waals surface area contributed by atoms with Gasteiger partial charge in [-0.1, -0.05) is 85.0 Å². The highest BCUT2D eigenvalue weighted by Gasteiger charge is 2.19. The van der Waals surface area contributed by atoms with Crippen molar-refractivity contribution in [2.45, 2.75) is 12.8 Å². The topological polar surface area (TPSA) is 0 Å². The third-order valence-electron chi connectivity index (χ3n) is 4.68. The summed E-state index contributed by atoms with van der Waals surface area (Å²) >= 11 is 0. The highest BCUT2D eigenvalue weighted by Crippen LogP contribution is 2.32. The van der Waals surface area contributed by atoms with E-state index in [2.05, 4.69) is 91.0 Å². The molecule has 0 aliphatic heterocycles. The lowest BCUT2D eigenvalue weighted by molar-refractivity contribution is 0.576. The molecule has 0 spiro atoms. The molecule has 4 rings (SSSR count). The van der Waals surface area contributed by atoms with Crippen molar-refractivity contribution in [3.8, 4) is 0 Å². The van der Waals surface area contributed by atoms with E-state index in [1.807, 2.05) is 0 Å². The lowest BCUT2D eigenvalue weighted by atomic mass is 9.80. The van der Waals surface area contributed by atoms with E-state index in [1.165, 1.54) is 33.9 Å². The molecule has 0 saturated carbocycles. The molecule has 1 aliphatic carbocycles. The maximum atomic E-state index is 2.35. The van der Waals surface area contributed by atoms with Gasteiger partial charge >= 0.3 is 0 Å². The summed E-state index contributed by atoms with van der Waals surface area (Å²) in [7, 11) is 0. The summed E-state index contributed by atoms with van der Waals surface area (Å²) in [5.74, 6) is 0.675. The first-order valence-electron chi connectivity index (χ1n) is 8.29. The molecule has 0 saturated heterocycles. The highest BCUT2D eigenvalue weighted by atomic mass is 14.2. The van der Waals surface area contributed by atoms with Crippen molar-refractivity contribution in [3.63, 3.8) is 0 Å². The van der Waals surface area contributed by atoms with Crippen LogP contribution in [-0.4, -0.2) is 0 Å². The van der Waals surface area contributed by atoms with E-state index in [1.54, 1.807) is 0 Å². The Morgan fingerprint density at radius 1 is 0.783 bits per heavy atom. The smallest absolute Gasteiger partial charge is 0.00899 e. The molecule has 0 nitrogen and oxygen atoms in total. The van der Waals surface area contributed by atoms with Crippen molar-refractivity contribution in [2.24, 2.45) is 5.92 Å². The summed E-state index contributed by atoms with van der Waals surface area (Å²) in [6, 6.07) is 26.0. The van der Waals surface area contributed by atoms with Crippen LogP contribution in [0.2, 0.25) is 0 Å². The van der Waals surface area contributed by atoms with Gasteiger partial charge in [-0.05, 0) is 52.3 Å². The van der Waals surface area contributed by atoms with Crippen molar-refractivity contribution in [2.75, 3.05) is 0 Å². The molecule has 3 aromatic carbocycles. The van der Waals surface area contributed by atoms with E-state index in [-0.39, 0.29) is 0 Å². The molecule has 112 valence electrons. The molecule has 1 aliphatic rings. The van der Waals surface area contributed by atoms with Crippen LogP contribution in [0.5, 0.6) is 0 Å². The van der Waals surface area contributed by atoms with E-state index in [4.69, 9.17) is 0 Å². The molecule has 0 fully saturated rings. The van der Waals surface area contributed by atoms with Crippen LogP contribution in [0.4, 0.5) is 0 Å². The molecular formula is C23H20. The molecule has 0 bridgehead atoms. The Kier molecular flexibility index (Phi) is 3.81. The molecule has 1 unspecified atom stereocenters. The molecule has 0 amide bonds. The second kappa shape index (κ2) is 6.26. The Bertz CT molecular complexity index is 869. The van der Waals surface area contributed by atoms with Crippen LogP contribution in [0.15, 0.2) is 90.5 Å². The van der Waals surface area contributed by atoms with Crippen molar-refractivity contribution < 1.29 is 0 Å². The molecule has 0 aromatic heterocycles. The average molecular weight is 296 g/mol. The largest absolute Gasteiger partial charge is 0.0804 e. The minimum atomic E-state index is 0.675. The summed E-state index contributed by atoms with van der Waals surface area (Å²) < 4.78 is 0. The van der Waals surface area contributed by atoms with Crippen molar-refractivity contribution >= 4 is 16.8 Å². The highest BCUT2D eigenvalue weighted by molar-refractivity contribution is 5.84. The summed E-state index contributed by atoms with van der Waals surface area (Å²) in [4.78, 5) is 0. The van der Waals surface area contributed by atoms with Gasteiger partial charge in [0.15, 0.2) is 0 Å². The van der Waals surface area contributed by atoms with E-state index >= 15 is 0 Å². The normalized spacial score (nSPS) is 17.2. The summed E-state index contributed by atoms with van der Waals surface area (Å²) in [5.41, 5.74) is 4.18. The zero-order valence-electron chi connectivity index (χ0n) is 13.2. The first-order valence-corrected chi connectivity index (χ1v) is 8.29. The van der Waals surface area contributed by atoms with Crippen molar-refractivity contribution in [1.82, 2.24) is 0 Å². The number of hydrogen-bond acceptors (Lipinski definition) is 0. The van der Waals surface area contributed by atoms with E-state index in [0.717, 1.165) is 6.42 Å². The van der Waals surface area contributed by atoms with Gasteiger partial charge in [-0.2, -0.15) is 0 Å². The zero-order valence-corrected chi connectivity index (χ0v) is 13.2. The first-order chi connectivity index (χ1) is 11.4. The van der Waals surface area contributed by atoms with Crippen molar-refractivity contribution in [3.05, 3.63) is 102 Å². The summed E-state index contributed by atoms with van der Waals surface area (Å²) in [6.45, 7) is 0. The molecule has 0 heterocycles. The molecular weight excluding hydrogens is 276 g/mol. The second-order valence-corrected chi connectivity index (χ2v) is 6.27. The van der Waals surface area contributed by atoms with Gasteiger partial charge in [-0.3, -0.25) is 0 Å². The number of fused-ring (bicyclic) bond motifs is 1. The van der Waals surface area contributed by atoms with Gasteiger partial charge in [0, 0.05) is 0 Å². The van der Waals surface area contributed by atoms with Gasteiger partial charge in [0.25, 0.3) is 0 Å². The fraction of sp³-hybridized carbons (Fsp3) is 0.130. The van der Waals surface area contributed by atoms with Crippen LogP contribution >= 0.6 is 0 Å². The Hall–Kier alpha value is -2.60. The minimum Gasteiger partial charge on any atom is -0.0804 e. The van der Waals surface area contributed by atoms with E-state index < -0.39 is 0 Å². The van der Waals surface area contributed by atoms with Crippen LogP contribution in [0.3, 0.4) is 0 Å².